The highest BCUT2D eigenvalue weighted by atomic mass is 16.2. The lowest BCUT2D eigenvalue weighted by Gasteiger charge is -2.38. The Hall–Kier alpha value is -3.12. The molecular formula is C33H42N4O2. The van der Waals surface area contributed by atoms with Gasteiger partial charge in [0.25, 0.3) is 0 Å². The molecule has 2 aliphatic carbocycles. The Labute approximate surface area is 231 Å². The second-order valence-electron chi connectivity index (χ2n) is 12.1. The van der Waals surface area contributed by atoms with Crippen LogP contribution in [0.3, 0.4) is 0 Å². The van der Waals surface area contributed by atoms with Gasteiger partial charge in [-0.15, -0.1) is 0 Å². The Balaban J connectivity index is 0.974. The number of H-pyrrole nitrogens is 1. The number of hydrogen-bond donors (Lipinski definition) is 3. The highest BCUT2D eigenvalue weighted by Crippen LogP contribution is 2.37. The van der Waals surface area contributed by atoms with Crippen LogP contribution in [0.5, 0.6) is 0 Å². The van der Waals surface area contributed by atoms with Crippen molar-refractivity contribution in [3.8, 4) is 0 Å². The fourth-order valence-electron chi connectivity index (χ4n) is 7.38. The molecule has 4 N–H and O–H groups in total. The lowest BCUT2D eigenvalue weighted by Crippen LogP contribution is -2.54. The number of aromatic nitrogens is 1. The van der Waals surface area contributed by atoms with E-state index in [0.717, 1.165) is 44.9 Å². The summed E-state index contributed by atoms with van der Waals surface area (Å²) in [4.78, 5) is 30.9. The number of carbonyl (C=O) groups excluding carboxylic acids is 2. The SMILES string of the molecule is NC(=O)C(NC1CCC(c2c[nH]c3ccccc23)CC1)C1CCN(C(=O)CCc2ccc3c(c2)CCC3)CC1. The van der Waals surface area contributed by atoms with E-state index in [9.17, 15) is 9.59 Å². The summed E-state index contributed by atoms with van der Waals surface area (Å²) in [5, 5.41) is 4.98. The topological polar surface area (TPSA) is 91.2 Å². The molecule has 1 saturated carbocycles. The van der Waals surface area contributed by atoms with Crippen molar-refractivity contribution in [2.24, 2.45) is 11.7 Å². The third-order valence-electron chi connectivity index (χ3n) is 9.66. The second kappa shape index (κ2) is 11.5. The third kappa shape index (κ3) is 5.76. The number of aryl methyl sites for hydroxylation is 3. The molecule has 6 nitrogen and oxygen atoms in total. The molecule has 1 aliphatic heterocycles. The van der Waals surface area contributed by atoms with E-state index in [4.69, 9.17) is 5.73 Å². The number of nitrogens with two attached hydrogens (primary N) is 1. The van der Waals surface area contributed by atoms with Gasteiger partial charge in [-0.2, -0.15) is 0 Å². The first-order valence-electron chi connectivity index (χ1n) is 15.0. The Morgan fingerprint density at radius 1 is 0.974 bits per heavy atom. The van der Waals surface area contributed by atoms with Crippen LogP contribution in [0.1, 0.15) is 79.5 Å². The van der Waals surface area contributed by atoms with Crippen molar-refractivity contribution in [2.75, 3.05) is 13.1 Å². The number of amides is 2. The number of likely N-dealkylation sites (tertiary alicyclic amines) is 1. The Morgan fingerprint density at radius 3 is 2.54 bits per heavy atom. The molecule has 1 atom stereocenters. The van der Waals surface area contributed by atoms with Gasteiger partial charge in [-0.25, -0.2) is 0 Å². The highest BCUT2D eigenvalue weighted by molar-refractivity contribution is 5.83. The molecule has 3 aliphatic rings. The molecular weight excluding hydrogens is 484 g/mol. The monoisotopic (exact) mass is 526 g/mol. The van der Waals surface area contributed by atoms with Gasteiger partial charge in [0.05, 0.1) is 6.04 Å². The van der Waals surface area contributed by atoms with Crippen LogP contribution in [0, 0.1) is 5.92 Å². The summed E-state index contributed by atoms with van der Waals surface area (Å²) in [5.74, 6) is 0.718. The van der Waals surface area contributed by atoms with Crippen LogP contribution in [0.2, 0.25) is 0 Å². The molecule has 6 rings (SSSR count). The summed E-state index contributed by atoms with van der Waals surface area (Å²) in [7, 11) is 0. The lowest BCUT2D eigenvalue weighted by molar-refractivity contribution is -0.133. The number of nitrogens with one attached hydrogen (secondary N) is 2. The van der Waals surface area contributed by atoms with Gasteiger partial charge >= 0.3 is 0 Å². The van der Waals surface area contributed by atoms with Gasteiger partial charge in [-0.05, 0) is 104 Å². The molecule has 39 heavy (non-hydrogen) atoms. The average Bonchev–Trinajstić information content (AvgIpc) is 3.62. The minimum Gasteiger partial charge on any atom is -0.368 e. The van der Waals surface area contributed by atoms with Crippen molar-refractivity contribution >= 4 is 22.7 Å². The van der Waals surface area contributed by atoms with Gasteiger partial charge in [0.2, 0.25) is 11.8 Å². The molecule has 2 fully saturated rings. The van der Waals surface area contributed by atoms with E-state index in [1.165, 1.54) is 52.4 Å². The molecule has 6 heteroatoms. The summed E-state index contributed by atoms with van der Waals surface area (Å²) in [6.07, 6.45) is 13.1. The van der Waals surface area contributed by atoms with Gasteiger partial charge in [0.15, 0.2) is 0 Å². The number of fused-ring (bicyclic) bond motifs is 2. The van der Waals surface area contributed by atoms with Gasteiger partial charge in [0, 0.05) is 42.7 Å². The predicted octanol–water partition coefficient (Wildman–Crippen LogP) is 5.00. The van der Waals surface area contributed by atoms with E-state index >= 15 is 0 Å². The molecule has 2 heterocycles. The number of piperidine rings is 1. The number of carbonyl (C=O) groups is 2. The molecule has 0 radical (unpaired) electrons. The molecule has 2 amide bonds. The van der Waals surface area contributed by atoms with Crippen molar-refractivity contribution in [2.45, 2.75) is 88.6 Å². The number of aromatic amines is 1. The minimum absolute atomic E-state index is 0.189. The normalized spacial score (nSPS) is 22.6. The summed E-state index contributed by atoms with van der Waals surface area (Å²) < 4.78 is 0. The fourth-order valence-corrected chi connectivity index (χ4v) is 7.38. The van der Waals surface area contributed by atoms with Crippen LogP contribution < -0.4 is 11.1 Å². The maximum Gasteiger partial charge on any atom is 0.234 e. The van der Waals surface area contributed by atoms with Gasteiger partial charge in [-0.3, -0.25) is 9.59 Å². The van der Waals surface area contributed by atoms with Crippen LogP contribution in [0.4, 0.5) is 0 Å². The Morgan fingerprint density at radius 2 is 1.74 bits per heavy atom. The first-order valence-corrected chi connectivity index (χ1v) is 15.0. The molecule has 3 aromatic rings. The van der Waals surface area contributed by atoms with Crippen molar-refractivity contribution in [3.05, 3.63) is 70.9 Å². The fraction of sp³-hybridized carbons (Fsp3) is 0.515. The van der Waals surface area contributed by atoms with E-state index in [1.54, 1.807) is 0 Å². The number of nitrogens with zero attached hydrogens (tertiary/aromatic N) is 1. The van der Waals surface area contributed by atoms with E-state index in [1.807, 2.05) is 4.90 Å². The van der Waals surface area contributed by atoms with Gasteiger partial charge in [0.1, 0.15) is 0 Å². The molecule has 2 aromatic carbocycles. The molecule has 1 saturated heterocycles. The zero-order valence-corrected chi connectivity index (χ0v) is 23.0. The third-order valence-corrected chi connectivity index (χ3v) is 9.66. The summed E-state index contributed by atoms with van der Waals surface area (Å²) in [6, 6.07) is 15.3. The number of rotatable bonds is 8. The summed E-state index contributed by atoms with van der Waals surface area (Å²) in [5.41, 5.74) is 12.8. The molecule has 1 unspecified atom stereocenters. The molecule has 206 valence electrons. The quantitative estimate of drug-likeness (QED) is 0.386. The largest absolute Gasteiger partial charge is 0.368 e. The number of benzene rings is 2. The van der Waals surface area contributed by atoms with Gasteiger partial charge < -0.3 is 20.9 Å². The number of hydrogen-bond acceptors (Lipinski definition) is 3. The Bertz CT molecular complexity index is 1310. The second-order valence-corrected chi connectivity index (χ2v) is 12.1. The van der Waals surface area contributed by atoms with E-state index < -0.39 is 0 Å². The van der Waals surface area contributed by atoms with Crippen molar-refractivity contribution in [1.82, 2.24) is 15.2 Å². The molecule has 0 spiro atoms. The highest BCUT2D eigenvalue weighted by Gasteiger charge is 2.34. The smallest absolute Gasteiger partial charge is 0.234 e. The number of primary amides is 1. The van der Waals surface area contributed by atoms with E-state index in [0.29, 0.717) is 31.5 Å². The molecule has 0 bridgehead atoms. The first kappa shape index (κ1) is 26.1. The van der Waals surface area contributed by atoms with Crippen LogP contribution in [-0.2, 0) is 28.9 Å². The molecule has 1 aromatic heterocycles. The minimum atomic E-state index is -0.316. The van der Waals surface area contributed by atoms with Crippen LogP contribution >= 0.6 is 0 Å². The standard InChI is InChI=1S/C33H42N4O2/c34-33(39)32(36-27-13-11-24(12-14-27)29-21-35-30-7-2-1-6-28(29)30)25-16-18-37(19-17-25)31(38)15-9-22-8-10-23-4-3-5-26(23)20-22/h1-2,6-8,10,20-21,24-25,27,32,35-36H,3-5,9,11-19H2,(H2,34,39). The zero-order valence-electron chi connectivity index (χ0n) is 23.0. The first-order chi connectivity index (χ1) is 19.0. The number of para-hydroxylation sites is 1. The van der Waals surface area contributed by atoms with Crippen LogP contribution in [-0.4, -0.2) is 46.9 Å². The maximum atomic E-state index is 13.0. The average molecular weight is 527 g/mol. The predicted molar refractivity (Wildman–Crippen MR) is 156 cm³/mol. The zero-order chi connectivity index (χ0) is 26.8. The van der Waals surface area contributed by atoms with E-state index in [-0.39, 0.29) is 23.8 Å². The summed E-state index contributed by atoms with van der Waals surface area (Å²) in [6.45, 7) is 1.43. The van der Waals surface area contributed by atoms with Crippen molar-refractivity contribution in [3.63, 3.8) is 0 Å². The van der Waals surface area contributed by atoms with E-state index in [2.05, 4.69) is 59.0 Å². The van der Waals surface area contributed by atoms with Crippen molar-refractivity contribution < 1.29 is 9.59 Å². The van der Waals surface area contributed by atoms with Crippen LogP contribution in [0.15, 0.2) is 48.7 Å². The summed E-state index contributed by atoms with van der Waals surface area (Å²) >= 11 is 0. The van der Waals surface area contributed by atoms with Crippen LogP contribution in [0.25, 0.3) is 10.9 Å². The van der Waals surface area contributed by atoms with Gasteiger partial charge in [-0.1, -0.05) is 36.4 Å². The Kier molecular flexibility index (Phi) is 7.73. The van der Waals surface area contributed by atoms with Crippen molar-refractivity contribution in [1.29, 1.82) is 0 Å². The lowest BCUT2D eigenvalue weighted by atomic mass is 9.80. The maximum absolute atomic E-state index is 13.0.